The summed E-state index contributed by atoms with van der Waals surface area (Å²) in [6, 6.07) is 6.65. The summed E-state index contributed by atoms with van der Waals surface area (Å²) < 4.78 is 0. The lowest BCUT2D eigenvalue weighted by molar-refractivity contribution is -0.133. The Morgan fingerprint density at radius 1 is 1.45 bits per heavy atom. The van der Waals surface area contributed by atoms with Gasteiger partial charge in [0.15, 0.2) is 0 Å². The van der Waals surface area contributed by atoms with E-state index in [1.807, 2.05) is 11.9 Å². The molecular weight excluding hydrogens is 250 g/mol. The van der Waals surface area contributed by atoms with Gasteiger partial charge in [0, 0.05) is 31.2 Å². The first-order valence-electron chi connectivity index (χ1n) is 7.50. The molecule has 1 amide bonds. The molecule has 2 atom stereocenters. The van der Waals surface area contributed by atoms with E-state index in [1.54, 1.807) is 0 Å². The number of fused-ring (bicyclic) bond motifs is 1. The molecule has 0 aromatic heterocycles. The highest BCUT2D eigenvalue weighted by Gasteiger charge is 2.32. The molecule has 0 aliphatic carbocycles. The zero-order valence-electron chi connectivity index (χ0n) is 12.3. The number of rotatable bonds is 2. The van der Waals surface area contributed by atoms with E-state index in [9.17, 15) is 4.79 Å². The molecule has 3 rings (SSSR count). The number of likely N-dealkylation sites (tertiary alicyclic amines) is 1. The molecule has 1 aromatic carbocycles. The van der Waals surface area contributed by atoms with E-state index in [1.165, 1.54) is 11.1 Å². The van der Waals surface area contributed by atoms with Crippen LogP contribution >= 0.6 is 0 Å². The van der Waals surface area contributed by atoms with Gasteiger partial charge in [-0.05, 0) is 37.9 Å². The highest BCUT2D eigenvalue weighted by atomic mass is 16.2. The van der Waals surface area contributed by atoms with Gasteiger partial charge >= 0.3 is 0 Å². The Labute approximate surface area is 120 Å². The number of likely N-dealkylation sites (N-methyl/N-ethyl adjacent to an activating group) is 1. The molecule has 4 heteroatoms. The summed E-state index contributed by atoms with van der Waals surface area (Å²) >= 11 is 0. The minimum Gasteiger partial charge on any atom is -0.373 e. The monoisotopic (exact) mass is 273 g/mol. The van der Waals surface area contributed by atoms with Crippen molar-refractivity contribution in [3.05, 3.63) is 29.3 Å². The molecule has 2 unspecified atom stereocenters. The molecule has 108 valence electrons. The van der Waals surface area contributed by atoms with Crippen molar-refractivity contribution < 1.29 is 4.79 Å². The maximum atomic E-state index is 12.7. The van der Waals surface area contributed by atoms with E-state index in [0.717, 1.165) is 38.0 Å². The lowest BCUT2D eigenvalue weighted by atomic mass is 10.0. The second-order valence-corrected chi connectivity index (χ2v) is 5.92. The molecule has 0 saturated carbocycles. The summed E-state index contributed by atoms with van der Waals surface area (Å²) in [7, 11) is 1.98. The first-order valence-corrected chi connectivity index (χ1v) is 7.50. The van der Waals surface area contributed by atoms with Crippen molar-refractivity contribution in [1.29, 1.82) is 0 Å². The fraction of sp³-hybridized carbons (Fsp3) is 0.562. The largest absolute Gasteiger partial charge is 0.373 e. The topological polar surface area (TPSA) is 44.4 Å². The van der Waals surface area contributed by atoms with Gasteiger partial charge in [0.25, 0.3) is 0 Å². The Balaban J connectivity index is 1.69. The Kier molecular flexibility index (Phi) is 3.66. The highest BCUT2D eigenvalue weighted by molar-refractivity contribution is 5.88. The molecule has 1 saturated heterocycles. The average molecular weight is 273 g/mol. The number of nitrogens with one attached hydrogen (secondary N) is 2. The van der Waals surface area contributed by atoms with Crippen LogP contribution in [-0.4, -0.2) is 43.0 Å². The lowest BCUT2D eigenvalue weighted by Crippen LogP contribution is -2.51. The predicted molar refractivity (Wildman–Crippen MR) is 81.0 cm³/mol. The van der Waals surface area contributed by atoms with Crippen LogP contribution in [0.15, 0.2) is 18.2 Å². The van der Waals surface area contributed by atoms with Crippen LogP contribution in [0.5, 0.6) is 0 Å². The van der Waals surface area contributed by atoms with Crippen LogP contribution in [0, 0.1) is 6.92 Å². The van der Waals surface area contributed by atoms with Crippen LogP contribution in [0.2, 0.25) is 0 Å². The zero-order chi connectivity index (χ0) is 14.1. The van der Waals surface area contributed by atoms with E-state index in [-0.39, 0.29) is 11.9 Å². The fourth-order valence-electron chi connectivity index (χ4n) is 3.33. The molecule has 0 bridgehead atoms. The van der Waals surface area contributed by atoms with E-state index in [2.05, 4.69) is 35.8 Å². The van der Waals surface area contributed by atoms with Gasteiger partial charge in [-0.25, -0.2) is 0 Å². The molecule has 2 N–H and O–H groups in total. The summed E-state index contributed by atoms with van der Waals surface area (Å²) in [4.78, 5) is 14.7. The van der Waals surface area contributed by atoms with Gasteiger partial charge < -0.3 is 15.5 Å². The van der Waals surface area contributed by atoms with Crippen LogP contribution in [0.4, 0.5) is 5.69 Å². The lowest BCUT2D eigenvalue weighted by Gasteiger charge is -2.34. The number of benzene rings is 1. The van der Waals surface area contributed by atoms with Crippen molar-refractivity contribution in [2.24, 2.45) is 0 Å². The predicted octanol–water partition coefficient (Wildman–Crippen LogP) is 1.54. The number of anilines is 1. The Morgan fingerprint density at radius 3 is 3.05 bits per heavy atom. The minimum absolute atomic E-state index is 0.0818. The van der Waals surface area contributed by atoms with Gasteiger partial charge in [0.05, 0.1) is 0 Å². The number of hydrogen-bond acceptors (Lipinski definition) is 3. The van der Waals surface area contributed by atoms with Crippen molar-refractivity contribution in [2.45, 2.75) is 38.3 Å². The SMILES string of the molecule is CNC1CCCN(C(=O)C2Cc3cccc(C)c3N2)C1. The average Bonchev–Trinajstić information content (AvgIpc) is 2.92. The van der Waals surface area contributed by atoms with E-state index in [0.29, 0.717) is 6.04 Å². The van der Waals surface area contributed by atoms with E-state index >= 15 is 0 Å². The molecule has 2 heterocycles. The van der Waals surface area contributed by atoms with E-state index < -0.39 is 0 Å². The first-order chi connectivity index (χ1) is 9.69. The number of carbonyl (C=O) groups excluding carboxylic acids is 1. The standard InChI is InChI=1S/C16H23N3O/c1-11-5-3-6-12-9-14(18-15(11)12)16(20)19-8-4-7-13(10-19)17-2/h3,5-6,13-14,17-18H,4,7-10H2,1-2H3. The van der Waals surface area contributed by atoms with Gasteiger partial charge in [-0.15, -0.1) is 0 Å². The number of amides is 1. The van der Waals surface area contributed by atoms with Crippen molar-refractivity contribution in [1.82, 2.24) is 10.2 Å². The summed E-state index contributed by atoms with van der Waals surface area (Å²) in [5.41, 5.74) is 3.66. The van der Waals surface area contributed by atoms with Crippen molar-refractivity contribution in [3.8, 4) is 0 Å². The number of piperidine rings is 1. The van der Waals surface area contributed by atoms with Gasteiger partial charge in [0.1, 0.15) is 6.04 Å². The smallest absolute Gasteiger partial charge is 0.245 e. The third kappa shape index (κ3) is 2.40. The maximum Gasteiger partial charge on any atom is 0.245 e. The maximum absolute atomic E-state index is 12.7. The number of nitrogens with zero attached hydrogens (tertiary/aromatic N) is 1. The molecule has 1 fully saturated rings. The van der Waals surface area contributed by atoms with Crippen molar-refractivity contribution in [3.63, 3.8) is 0 Å². The molecule has 2 aliphatic rings. The van der Waals surface area contributed by atoms with Gasteiger partial charge in [-0.2, -0.15) is 0 Å². The Morgan fingerprint density at radius 2 is 2.30 bits per heavy atom. The molecule has 20 heavy (non-hydrogen) atoms. The highest BCUT2D eigenvalue weighted by Crippen LogP contribution is 2.30. The van der Waals surface area contributed by atoms with Gasteiger partial charge in [-0.3, -0.25) is 4.79 Å². The second-order valence-electron chi connectivity index (χ2n) is 5.92. The normalized spacial score (nSPS) is 25.2. The summed E-state index contributed by atoms with van der Waals surface area (Å²) in [6.07, 6.45) is 3.07. The van der Waals surface area contributed by atoms with Crippen molar-refractivity contribution in [2.75, 3.05) is 25.5 Å². The number of para-hydroxylation sites is 1. The third-order valence-electron chi connectivity index (χ3n) is 4.54. The quantitative estimate of drug-likeness (QED) is 0.859. The van der Waals surface area contributed by atoms with Gasteiger partial charge in [0.2, 0.25) is 5.91 Å². The molecule has 0 spiro atoms. The Bertz CT molecular complexity index is 514. The van der Waals surface area contributed by atoms with Gasteiger partial charge in [-0.1, -0.05) is 18.2 Å². The molecular formula is C16H23N3O. The van der Waals surface area contributed by atoms with Crippen LogP contribution < -0.4 is 10.6 Å². The van der Waals surface area contributed by atoms with E-state index in [4.69, 9.17) is 0 Å². The van der Waals surface area contributed by atoms with Crippen LogP contribution in [0.1, 0.15) is 24.0 Å². The fourth-order valence-corrected chi connectivity index (χ4v) is 3.33. The summed E-state index contributed by atoms with van der Waals surface area (Å²) in [5, 5.41) is 6.71. The molecule has 0 radical (unpaired) electrons. The zero-order valence-corrected chi connectivity index (χ0v) is 12.3. The summed E-state index contributed by atoms with van der Waals surface area (Å²) in [5.74, 6) is 0.251. The molecule has 2 aliphatic heterocycles. The van der Waals surface area contributed by atoms with Crippen molar-refractivity contribution >= 4 is 11.6 Å². The minimum atomic E-state index is -0.0818. The number of carbonyl (C=O) groups is 1. The Hall–Kier alpha value is -1.55. The first kappa shape index (κ1) is 13.4. The molecule has 1 aromatic rings. The summed E-state index contributed by atoms with van der Waals surface area (Å²) in [6.45, 7) is 3.82. The third-order valence-corrected chi connectivity index (χ3v) is 4.54. The van der Waals surface area contributed by atoms with Crippen LogP contribution in [-0.2, 0) is 11.2 Å². The van der Waals surface area contributed by atoms with Crippen LogP contribution in [0.3, 0.4) is 0 Å². The van der Waals surface area contributed by atoms with Crippen LogP contribution in [0.25, 0.3) is 0 Å². The number of hydrogen-bond donors (Lipinski definition) is 2. The second kappa shape index (κ2) is 5.44. The number of aryl methyl sites for hydroxylation is 1. The molecule has 4 nitrogen and oxygen atoms in total.